The molecule has 12 unspecified atom stereocenters. The van der Waals surface area contributed by atoms with Gasteiger partial charge in [-0.25, -0.2) is 0 Å². The molecule has 96 heavy (non-hydrogen) atoms. The fourth-order valence-electron chi connectivity index (χ4n) is 11.8. The van der Waals surface area contributed by atoms with E-state index in [1.165, 1.54) is 122 Å². The molecule has 550 valence electrons. The molecule has 1 amide bonds. The molecule has 0 aromatic carbocycles. The lowest BCUT2D eigenvalue weighted by Crippen LogP contribution is -2.65. The monoisotopic (exact) mass is 1350 g/mol. The van der Waals surface area contributed by atoms with E-state index in [0.717, 1.165) is 128 Å². The van der Waals surface area contributed by atoms with Crippen LogP contribution in [0.2, 0.25) is 0 Å². The van der Waals surface area contributed by atoms with Crippen molar-refractivity contribution in [3.8, 4) is 0 Å². The van der Waals surface area contributed by atoms with Gasteiger partial charge in [-0.1, -0.05) is 314 Å². The number of nitrogens with one attached hydrogen (secondary N) is 1. The van der Waals surface area contributed by atoms with Crippen molar-refractivity contribution in [2.75, 3.05) is 19.8 Å². The van der Waals surface area contributed by atoms with Gasteiger partial charge in [0.05, 0.1) is 32.0 Å². The zero-order valence-electron chi connectivity index (χ0n) is 60.1. The minimum atomic E-state index is -1.79. The second kappa shape index (κ2) is 64.5. The highest BCUT2D eigenvalue weighted by molar-refractivity contribution is 5.76. The molecule has 9 N–H and O–H groups in total. The molecular formula is C82H139NO13. The molecule has 0 aliphatic carbocycles. The molecule has 0 bridgehead atoms. The summed E-state index contributed by atoms with van der Waals surface area (Å²) in [6.07, 6.45) is 78.9. The van der Waals surface area contributed by atoms with Crippen molar-refractivity contribution in [1.82, 2.24) is 5.32 Å². The van der Waals surface area contributed by atoms with Crippen LogP contribution in [0.4, 0.5) is 0 Å². The third kappa shape index (κ3) is 47.2. The lowest BCUT2D eigenvalue weighted by atomic mass is 9.97. The van der Waals surface area contributed by atoms with Crippen molar-refractivity contribution in [2.24, 2.45) is 0 Å². The number of hydrogen-bond donors (Lipinski definition) is 9. The first-order valence-electron chi connectivity index (χ1n) is 38.4. The predicted molar refractivity (Wildman–Crippen MR) is 396 cm³/mol. The van der Waals surface area contributed by atoms with Gasteiger partial charge in [0.15, 0.2) is 12.6 Å². The highest BCUT2D eigenvalue weighted by Gasteiger charge is 2.51. The molecule has 2 aliphatic heterocycles. The third-order valence-electron chi connectivity index (χ3n) is 17.9. The van der Waals surface area contributed by atoms with Crippen molar-refractivity contribution < 1.29 is 64.6 Å². The lowest BCUT2D eigenvalue weighted by Gasteiger charge is -2.46. The molecule has 0 radical (unpaired) electrons. The van der Waals surface area contributed by atoms with Crippen LogP contribution >= 0.6 is 0 Å². The molecule has 2 rings (SSSR count). The second-order valence-electron chi connectivity index (χ2n) is 26.4. The number of rotatable bonds is 62. The van der Waals surface area contributed by atoms with Crippen LogP contribution in [0.15, 0.2) is 134 Å². The molecular weight excluding hydrogens is 1210 g/mol. The SMILES string of the molecule is CC/C=C\C/C=C\C/C=C\C/C=C\C/C=C\C/C=C\C/C=C\C/C=C\C/C=C\C/C=C\C/C=C\CCCCCCCC(=O)NC(COC1OC(CO)C(OC2OC(CO)C(O)C(O)C2O)C(O)C1O)C(O)CCCCCCCCCCCCCCCCCCCCCCCCC. The van der Waals surface area contributed by atoms with Gasteiger partial charge < -0.3 is 65.1 Å². The number of allylic oxidation sites excluding steroid dienone is 22. The van der Waals surface area contributed by atoms with E-state index in [0.29, 0.717) is 12.8 Å². The van der Waals surface area contributed by atoms with Crippen LogP contribution < -0.4 is 5.32 Å². The molecule has 2 saturated heterocycles. The fraction of sp³-hybridized carbons (Fsp3) is 0.720. The van der Waals surface area contributed by atoms with Crippen LogP contribution in [0.3, 0.4) is 0 Å². The normalized spacial score (nSPS) is 23.0. The summed E-state index contributed by atoms with van der Waals surface area (Å²) < 4.78 is 22.9. The van der Waals surface area contributed by atoms with E-state index >= 15 is 0 Å². The maximum Gasteiger partial charge on any atom is 0.220 e. The first-order valence-corrected chi connectivity index (χ1v) is 38.4. The Morgan fingerprint density at radius 1 is 0.385 bits per heavy atom. The maximum atomic E-state index is 13.4. The zero-order valence-corrected chi connectivity index (χ0v) is 60.1. The first-order chi connectivity index (χ1) is 47.1. The summed E-state index contributed by atoms with van der Waals surface area (Å²) in [5.74, 6) is -0.228. The van der Waals surface area contributed by atoms with Gasteiger partial charge in [-0.05, 0) is 96.3 Å². The molecule has 2 fully saturated rings. The van der Waals surface area contributed by atoms with Gasteiger partial charge in [-0.2, -0.15) is 0 Å². The molecule has 0 aromatic heterocycles. The summed E-state index contributed by atoms with van der Waals surface area (Å²) >= 11 is 0. The molecule has 14 heteroatoms. The molecule has 14 nitrogen and oxygen atoms in total. The van der Waals surface area contributed by atoms with Crippen molar-refractivity contribution in [1.29, 1.82) is 0 Å². The second-order valence-corrected chi connectivity index (χ2v) is 26.4. The number of hydrogen-bond acceptors (Lipinski definition) is 13. The van der Waals surface area contributed by atoms with E-state index < -0.39 is 86.8 Å². The van der Waals surface area contributed by atoms with Gasteiger partial charge in [0.25, 0.3) is 0 Å². The van der Waals surface area contributed by atoms with Crippen molar-refractivity contribution in [2.45, 2.75) is 357 Å². The lowest BCUT2D eigenvalue weighted by molar-refractivity contribution is -0.359. The van der Waals surface area contributed by atoms with Crippen LogP contribution in [0, 0.1) is 0 Å². The molecule has 2 aliphatic rings. The van der Waals surface area contributed by atoms with Crippen molar-refractivity contribution in [3.63, 3.8) is 0 Å². The van der Waals surface area contributed by atoms with Crippen LogP contribution in [-0.2, 0) is 23.7 Å². The summed E-state index contributed by atoms with van der Waals surface area (Å²) in [7, 11) is 0. The summed E-state index contributed by atoms with van der Waals surface area (Å²) in [5.41, 5.74) is 0. The Morgan fingerprint density at radius 3 is 1.10 bits per heavy atom. The molecule has 0 saturated carbocycles. The smallest absolute Gasteiger partial charge is 0.220 e. The van der Waals surface area contributed by atoms with Crippen LogP contribution in [0.5, 0.6) is 0 Å². The van der Waals surface area contributed by atoms with Crippen LogP contribution in [0.25, 0.3) is 0 Å². The largest absolute Gasteiger partial charge is 0.394 e. The summed E-state index contributed by atoms with van der Waals surface area (Å²) in [5, 5.41) is 87.7. The highest BCUT2D eigenvalue weighted by Crippen LogP contribution is 2.30. The van der Waals surface area contributed by atoms with Gasteiger partial charge >= 0.3 is 0 Å². The van der Waals surface area contributed by atoms with Gasteiger partial charge in [-0.15, -0.1) is 0 Å². The predicted octanol–water partition coefficient (Wildman–Crippen LogP) is 17.0. The number of aliphatic hydroxyl groups excluding tert-OH is 8. The molecule has 2 heterocycles. The van der Waals surface area contributed by atoms with Crippen LogP contribution in [-0.4, -0.2) is 140 Å². The van der Waals surface area contributed by atoms with Crippen molar-refractivity contribution in [3.05, 3.63) is 134 Å². The Morgan fingerprint density at radius 2 is 0.719 bits per heavy atom. The van der Waals surface area contributed by atoms with E-state index in [4.69, 9.17) is 18.9 Å². The maximum absolute atomic E-state index is 13.4. The van der Waals surface area contributed by atoms with Crippen molar-refractivity contribution >= 4 is 5.91 Å². The number of amides is 1. The molecule has 0 aromatic rings. The Bertz CT molecular complexity index is 2130. The number of carbonyl (C=O) groups is 1. The average molecular weight is 1350 g/mol. The van der Waals surface area contributed by atoms with E-state index in [9.17, 15) is 45.6 Å². The number of ether oxygens (including phenoxy) is 4. The Hall–Kier alpha value is -3.87. The quantitative estimate of drug-likeness (QED) is 0.0204. The van der Waals surface area contributed by atoms with E-state index in [-0.39, 0.29) is 18.9 Å². The van der Waals surface area contributed by atoms with E-state index in [1.807, 2.05) is 0 Å². The van der Waals surface area contributed by atoms with Gasteiger partial charge in [-0.3, -0.25) is 4.79 Å². The minimum absolute atomic E-state index is 0.228. The van der Waals surface area contributed by atoms with Crippen LogP contribution in [0.1, 0.15) is 284 Å². The first kappa shape index (κ1) is 88.2. The Balaban J connectivity index is 1.65. The minimum Gasteiger partial charge on any atom is -0.394 e. The standard InChI is InChI=1S/C82H139NO13/c1-3-5-7-9-11-13-15-17-19-21-23-25-27-28-29-30-31-32-33-34-35-36-37-38-39-40-41-42-44-46-48-50-52-54-56-58-60-62-64-66-74(87)83-70(69-93-81-79(92)77(90)80(73(68-85)95-81)96-82-78(91)76(89)75(88)72(67-84)94-82)71(86)65-63-61-59-57-55-53-51-49-47-45-43-26-24-22-20-18-16-14-12-10-8-6-4-2/h5,7,11,13,17,19,23,25,28-29,31-32,34-35,37-38,40-41,44,46,50,52,70-73,75-82,84-86,88-92H,3-4,6,8-10,12,14-16,18,20-22,24,26-27,30,33,36,39,42-43,45,47-49,51,53-69H2,1-2H3,(H,83,87)/b7-5-,13-11-,19-17-,25-23-,29-28-,32-31-,35-34-,38-37-,41-40-,46-44-,52-50-. The summed E-state index contributed by atoms with van der Waals surface area (Å²) in [6, 6.07) is -0.851. The van der Waals surface area contributed by atoms with Gasteiger partial charge in [0.2, 0.25) is 5.91 Å². The topological polar surface area (TPSA) is 228 Å². The number of unbranched alkanes of at least 4 members (excludes halogenated alkanes) is 27. The summed E-state index contributed by atoms with van der Waals surface area (Å²) in [4.78, 5) is 13.4. The fourth-order valence-corrected chi connectivity index (χ4v) is 11.8. The number of carbonyl (C=O) groups excluding carboxylic acids is 1. The number of aliphatic hydroxyl groups is 8. The highest BCUT2D eigenvalue weighted by atomic mass is 16.7. The van der Waals surface area contributed by atoms with Gasteiger partial charge in [0.1, 0.15) is 48.8 Å². The van der Waals surface area contributed by atoms with E-state index in [2.05, 4.69) is 153 Å². The zero-order chi connectivity index (χ0) is 69.4. The molecule has 12 atom stereocenters. The Labute approximate surface area is 583 Å². The Kier molecular flexibility index (Phi) is 59.3. The van der Waals surface area contributed by atoms with Gasteiger partial charge in [0, 0.05) is 6.42 Å². The summed E-state index contributed by atoms with van der Waals surface area (Å²) in [6.45, 7) is 2.76. The third-order valence-corrected chi connectivity index (χ3v) is 17.9. The average Bonchev–Trinajstić information content (AvgIpc) is 0.806. The van der Waals surface area contributed by atoms with E-state index in [1.54, 1.807) is 0 Å². The molecule has 0 spiro atoms.